The average molecular weight is 187 g/mol. The molecular formula is C9H17NO3. The van der Waals surface area contributed by atoms with Crippen LogP contribution < -0.4 is 5.48 Å². The molecule has 0 spiro atoms. The first-order chi connectivity index (χ1) is 6.06. The summed E-state index contributed by atoms with van der Waals surface area (Å²) in [5.74, 6) is 0.0705. The van der Waals surface area contributed by atoms with Gasteiger partial charge in [0, 0.05) is 0 Å². The number of rotatable bonds is 6. The van der Waals surface area contributed by atoms with Crippen molar-refractivity contribution in [2.45, 2.75) is 27.1 Å². The smallest absolute Gasteiger partial charge is 0.267 e. The van der Waals surface area contributed by atoms with E-state index in [9.17, 15) is 4.79 Å². The fourth-order valence-corrected chi connectivity index (χ4v) is 0.545. The van der Waals surface area contributed by atoms with E-state index in [1.165, 1.54) is 0 Å². The monoisotopic (exact) mass is 187 g/mol. The maximum atomic E-state index is 10.6. The first-order valence-corrected chi connectivity index (χ1v) is 4.26. The number of ether oxygens (including phenoxy) is 1. The van der Waals surface area contributed by atoms with E-state index in [4.69, 9.17) is 9.57 Å². The lowest BCUT2D eigenvalue weighted by atomic mass is 10.2. The Bertz CT molecular complexity index is 168. The number of nitrogens with one attached hydrogen (secondary N) is 1. The molecule has 0 saturated heterocycles. The number of carbonyl (C=O) groups excluding carboxylic acids is 1. The van der Waals surface area contributed by atoms with Crippen molar-refractivity contribution < 1.29 is 14.4 Å². The third-order valence-electron chi connectivity index (χ3n) is 1.18. The summed E-state index contributed by atoms with van der Waals surface area (Å²) in [6, 6.07) is 0. The molecule has 0 aliphatic carbocycles. The highest BCUT2D eigenvalue weighted by Gasteiger charge is 2.04. The summed E-state index contributed by atoms with van der Waals surface area (Å²) in [6.45, 7) is 9.67. The van der Waals surface area contributed by atoms with Crippen LogP contribution in [0, 0.1) is 5.92 Å². The van der Waals surface area contributed by atoms with E-state index in [0.717, 1.165) is 6.08 Å². The molecule has 0 fully saturated rings. The van der Waals surface area contributed by atoms with Gasteiger partial charge in [0.1, 0.15) is 0 Å². The van der Waals surface area contributed by atoms with E-state index in [1.807, 2.05) is 13.8 Å². The minimum Gasteiger partial charge on any atom is -0.350 e. The van der Waals surface area contributed by atoms with Crippen LogP contribution in [0.15, 0.2) is 12.7 Å². The van der Waals surface area contributed by atoms with Crippen molar-refractivity contribution in [1.82, 2.24) is 5.48 Å². The molecule has 0 aromatic rings. The van der Waals surface area contributed by atoms with Crippen molar-refractivity contribution in [3.63, 3.8) is 0 Å². The van der Waals surface area contributed by atoms with E-state index in [2.05, 4.69) is 12.1 Å². The largest absolute Gasteiger partial charge is 0.350 e. The van der Waals surface area contributed by atoms with Crippen LogP contribution in [0.4, 0.5) is 0 Å². The molecule has 0 bridgehead atoms. The van der Waals surface area contributed by atoms with Gasteiger partial charge >= 0.3 is 0 Å². The van der Waals surface area contributed by atoms with Crippen molar-refractivity contribution in [1.29, 1.82) is 0 Å². The summed E-state index contributed by atoms with van der Waals surface area (Å²) in [6.07, 6.45) is 0.695. The summed E-state index contributed by atoms with van der Waals surface area (Å²) in [5, 5.41) is 0. The summed E-state index contributed by atoms with van der Waals surface area (Å²) in [7, 11) is 0. The molecule has 1 amide bonds. The van der Waals surface area contributed by atoms with E-state index < -0.39 is 6.29 Å². The molecule has 1 N–H and O–H groups in total. The lowest BCUT2D eigenvalue weighted by Gasteiger charge is -2.14. The molecule has 0 radical (unpaired) electrons. The Morgan fingerprint density at radius 2 is 2.15 bits per heavy atom. The van der Waals surface area contributed by atoms with Gasteiger partial charge < -0.3 is 4.74 Å². The van der Waals surface area contributed by atoms with E-state index in [1.54, 1.807) is 6.92 Å². The van der Waals surface area contributed by atoms with Gasteiger partial charge in [0.15, 0.2) is 6.29 Å². The molecule has 76 valence electrons. The van der Waals surface area contributed by atoms with Crippen LogP contribution in [0.5, 0.6) is 0 Å². The highest BCUT2D eigenvalue weighted by Crippen LogP contribution is 1.97. The topological polar surface area (TPSA) is 47.6 Å². The third-order valence-corrected chi connectivity index (χ3v) is 1.18. The van der Waals surface area contributed by atoms with Gasteiger partial charge in [-0.25, -0.2) is 10.3 Å². The summed E-state index contributed by atoms with van der Waals surface area (Å²) < 4.78 is 5.23. The van der Waals surface area contributed by atoms with Crippen LogP contribution in [-0.2, 0) is 14.4 Å². The van der Waals surface area contributed by atoms with Crippen molar-refractivity contribution in [2.75, 3.05) is 6.61 Å². The Balaban J connectivity index is 3.45. The van der Waals surface area contributed by atoms with Crippen LogP contribution in [0.2, 0.25) is 0 Å². The van der Waals surface area contributed by atoms with Crippen molar-refractivity contribution >= 4 is 5.91 Å². The van der Waals surface area contributed by atoms with E-state index in [0.29, 0.717) is 12.5 Å². The van der Waals surface area contributed by atoms with Crippen LogP contribution in [-0.4, -0.2) is 18.8 Å². The molecule has 0 rings (SSSR count). The Hall–Kier alpha value is -0.870. The fraction of sp³-hybridized carbons (Fsp3) is 0.667. The van der Waals surface area contributed by atoms with Crippen molar-refractivity contribution in [3.05, 3.63) is 12.7 Å². The lowest BCUT2D eigenvalue weighted by Crippen LogP contribution is -2.28. The van der Waals surface area contributed by atoms with Gasteiger partial charge in [0.25, 0.3) is 5.91 Å². The summed E-state index contributed by atoms with van der Waals surface area (Å²) in [5.41, 5.74) is 2.17. The molecular weight excluding hydrogens is 170 g/mol. The number of hydroxylamine groups is 1. The first kappa shape index (κ1) is 12.1. The lowest BCUT2D eigenvalue weighted by molar-refractivity contribution is -0.180. The number of hydrogen-bond donors (Lipinski definition) is 1. The Kier molecular flexibility index (Phi) is 6.18. The zero-order chi connectivity index (χ0) is 10.3. The Morgan fingerprint density at radius 3 is 2.62 bits per heavy atom. The van der Waals surface area contributed by atoms with Gasteiger partial charge in [0.05, 0.1) is 6.61 Å². The first-order valence-electron chi connectivity index (χ1n) is 4.26. The Morgan fingerprint density at radius 1 is 1.54 bits per heavy atom. The van der Waals surface area contributed by atoms with Crippen molar-refractivity contribution in [2.24, 2.45) is 5.92 Å². The molecule has 1 unspecified atom stereocenters. The van der Waals surface area contributed by atoms with E-state index >= 15 is 0 Å². The summed E-state index contributed by atoms with van der Waals surface area (Å²) in [4.78, 5) is 15.5. The normalized spacial score (nSPS) is 12.6. The number of hydrogen-bond acceptors (Lipinski definition) is 3. The zero-order valence-electron chi connectivity index (χ0n) is 8.37. The van der Waals surface area contributed by atoms with Crippen molar-refractivity contribution in [3.8, 4) is 0 Å². The minimum absolute atomic E-state index is 0.375. The molecule has 0 aliphatic heterocycles. The third kappa shape index (κ3) is 7.49. The molecule has 0 saturated carbocycles. The SMILES string of the molecule is C=CC(=O)NOC(C)OCC(C)C. The van der Waals surface area contributed by atoms with Crippen LogP contribution >= 0.6 is 0 Å². The maximum absolute atomic E-state index is 10.6. The molecule has 0 aromatic heterocycles. The van der Waals surface area contributed by atoms with Crippen LogP contribution in [0.1, 0.15) is 20.8 Å². The fourth-order valence-electron chi connectivity index (χ4n) is 0.545. The van der Waals surface area contributed by atoms with Gasteiger partial charge in [-0.2, -0.15) is 0 Å². The second kappa shape index (κ2) is 6.62. The second-order valence-electron chi connectivity index (χ2n) is 3.08. The second-order valence-corrected chi connectivity index (χ2v) is 3.08. The number of amides is 1. The quantitative estimate of drug-likeness (QED) is 0.386. The number of carbonyl (C=O) groups is 1. The summed E-state index contributed by atoms with van der Waals surface area (Å²) >= 11 is 0. The standard InChI is InChI=1S/C9H17NO3/c1-5-9(11)10-13-8(4)12-6-7(2)3/h5,7-8H,1,6H2,2-4H3,(H,10,11). The molecule has 4 nitrogen and oxygen atoms in total. The van der Waals surface area contributed by atoms with E-state index in [-0.39, 0.29) is 5.91 Å². The highest BCUT2D eigenvalue weighted by molar-refractivity contribution is 5.85. The molecule has 1 atom stereocenters. The molecule has 13 heavy (non-hydrogen) atoms. The van der Waals surface area contributed by atoms with Gasteiger partial charge in [-0.3, -0.25) is 4.79 Å². The molecule has 0 aromatic carbocycles. The van der Waals surface area contributed by atoms with Gasteiger partial charge in [-0.05, 0) is 18.9 Å². The van der Waals surface area contributed by atoms with Crippen LogP contribution in [0.3, 0.4) is 0 Å². The predicted molar refractivity (Wildman–Crippen MR) is 49.7 cm³/mol. The molecule has 4 heteroatoms. The Labute approximate surface area is 78.9 Å². The predicted octanol–water partition coefficient (Wildman–Crippen LogP) is 1.24. The van der Waals surface area contributed by atoms with Gasteiger partial charge in [0.2, 0.25) is 0 Å². The van der Waals surface area contributed by atoms with Gasteiger partial charge in [-0.15, -0.1) is 0 Å². The highest BCUT2D eigenvalue weighted by atomic mass is 16.8. The maximum Gasteiger partial charge on any atom is 0.267 e. The average Bonchev–Trinajstić information content (AvgIpc) is 2.10. The molecule has 0 heterocycles. The zero-order valence-corrected chi connectivity index (χ0v) is 8.37. The van der Waals surface area contributed by atoms with Gasteiger partial charge in [-0.1, -0.05) is 20.4 Å². The molecule has 0 aliphatic rings. The minimum atomic E-state index is -0.439. The van der Waals surface area contributed by atoms with Crippen LogP contribution in [0.25, 0.3) is 0 Å².